The molecule has 8 aromatic rings. The van der Waals surface area contributed by atoms with Gasteiger partial charge in [0.1, 0.15) is 0 Å². The van der Waals surface area contributed by atoms with Gasteiger partial charge in [0.05, 0.1) is 22.2 Å². The molecule has 1 aliphatic carbocycles. The molecule has 0 unspecified atom stereocenters. The normalized spacial score (nSPS) is 13.7. The molecule has 0 aliphatic heterocycles. The average Bonchev–Trinajstić information content (AvgIpc) is 3.48. The van der Waals surface area contributed by atoms with Crippen molar-refractivity contribution in [2.75, 3.05) is 0 Å². The summed E-state index contributed by atoms with van der Waals surface area (Å²) in [5.41, 5.74) is 10.4. The molecule has 0 amide bonds. The molecule has 0 saturated carbocycles. The molecule has 2 aromatic heterocycles. The van der Waals surface area contributed by atoms with Gasteiger partial charge in [-0.1, -0.05) is 117 Å². The van der Waals surface area contributed by atoms with Gasteiger partial charge < -0.3 is 0 Å². The number of hydrogen-bond acceptors (Lipinski definition) is 2. The number of aromatic nitrogens is 3. The zero-order valence-electron chi connectivity index (χ0n) is 23.5. The van der Waals surface area contributed by atoms with Crippen LogP contribution in [0.1, 0.15) is 25.0 Å². The van der Waals surface area contributed by atoms with Crippen molar-refractivity contribution in [3.8, 4) is 28.3 Å². The predicted octanol–water partition coefficient (Wildman–Crippen LogP) is 9.85. The number of para-hydroxylation sites is 2. The van der Waals surface area contributed by atoms with Gasteiger partial charge in [-0.2, -0.15) is 0 Å². The first-order chi connectivity index (χ1) is 20.6. The minimum Gasteiger partial charge on any atom is -0.278 e. The van der Waals surface area contributed by atoms with Crippen LogP contribution in [0.3, 0.4) is 0 Å². The SMILES string of the molecule is CC1(C)c2cc3ccccc3cc2-c2ccc3c4ccccc4n(-c4nc(-c5ccccc5)c5ccccc5n4)c3c21. The highest BCUT2D eigenvalue weighted by atomic mass is 15.2. The minimum absolute atomic E-state index is 0.209. The van der Waals surface area contributed by atoms with Gasteiger partial charge >= 0.3 is 0 Å². The number of fused-ring (bicyclic) bond motifs is 9. The van der Waals surface area contributed by atoms with E-state index in [0.29, 0.717) is 5.95 Å². The van der Waals surface area contributed by atoms with Crippen LogP contribution in [0, 0.1) is 0 Å². The topological polar surface area (TPSA) is 30.7 Å². The van der Waals surface area contributed by atoms with Crippen LogP contribution in [-0.4, -0.2) is 14.5 Å². The molecule has 0 fully saturated rings. The molecule has 0 bridgehead atoms. The van der Waals surface area contributed by atoms with Crippen LogP contribution in [0.5, 0.6) is 0 Å². The lowest BCUT2D eigenvalue weighted by Gasteiger charge is -2.24. The van der Waals surface area contributed by atoms with E-state index in [-0.39, 0.29) is 5.41 Å². The monoisotopic (exact) mass is 537 g/mol. The highest BCUT2D eigenvalue weighted by Crippen LogP contribution is 2.53. The molecule has 42 heavy (non-hydrogen) atoms. The summed E-state index contributed by atoms with van der Waals surface area (Å²) in [7, 11) is 0. The van der Waals surface area contributed by atoms with E-state index in [1.807, 2.05) is 6.07 Å². The number of rotatable bonds is 2. The fourth-order valence-corrected chi connectivity index (χ4v) is 7.22. The van der Waals surface area contributed by atoms with Crippen molar-refractivity contribution in [3.05, 3.63) is 139 Å². The van der Waals surface area contributed by atoms with Gasteiger partial charge in [0.2, 0.25) is 5.95 Å². The Balaban J connectivity index is 1.43. The average molecular weight is 538 g/mol. The summed E-state index contributed by atoms with van der Waals surface area (Å²) < 4.78 is 2.32. The summed E-state index contributed by atoms with van der Waals surface area (Å²) in [4.78, 5) is 10.6. The van der Waals surface area contributed by atoms with Gasteiger partial charge in [0, 0.05) is 27.1 Å². The molecular formula is C39H27N3. The lowest BCUT2D eigenvalue weighted by molar-refractivity contribution is 0.664. The summed E-state index contributed by atoms with van der Waals surface area (Å²) in [5.74, 6) is 0.698. The highest BCUT2D eigenvalue weighted by molar-refractivity contribution is 6.13. The number of hydrogen-bond donors (Lipinski definition) is 0. The van der Waals surface area contributed by atoms with E-state index in [2.05, 4.69) is 140 Å². The number of benzene rings is 6. The van der Waals surface area contributed by atoms with E-state index in [0.717, 1.165) is 27.7 Å². The van der Waals surface area contributed by atoms with Gasteiger partial charge in [-0.25, -0.2) is 9.97 Å². The maximum atomic E-state index is 5.33. The Morgan fingerprint density at radius 1 is 0.571 bits per heavy atom. The maximum Gasteiger partial charge on any atom is 0.235 e. The molecule has 3 nitrogen and oxygen atoms in total. The molecule has 2 heterocycles. The smallest absolute Gasteiger partial charge is 0.235 e. The van der Waals surface area contributed by atoms with Crippen LogP contribution in [0.4, 0.5) is 0 Å². The third-order valence-electron chi connectivity index (χ3n) is 9.15. The fourth-order valence-electron chi connectivity index (χ4n) is 7.22. The third kappa shape index (κ3) is 3.11. The first-order valence-corrected chi connectivity index (χ1v) is 14.5. The second-order valence-corrected chi connectivity index (χ2v) is 11.9. The zero-order chi connectivity index (χ0) is 28.0. The van der Waals surface area contributed by atoms with E-state index >= 15 is 0 Å². The second-order valence-electron chi connectivity index (χ2n) is 11.9. The Morgan fingerprint density at radius 2 is 1.26 bits per heavy atom. The van der Waals surface area contributed by atoms with Crippen LogP contribution in [0.15, 0.2) is 127 Å². The van der Waals surface area contributed by atoms with Crippen molar-refractivity contribution in [2.45, 2.75) is 19.3 Å². The van der Waals surface area contributed by atoms with Crippen molar-refractivity contribution >= 4 is 43.5 Å². The number of nitrogens with zero attached hydrogens (tertiary/aromatic N) is 3. The molecular weight excluding hydrogens is 510 g/mol. The maximum absolute atomic E-state index is 5.33. The van der Waals surface area contributed by atoms with Crippen LogP contribution in [0.25, 0.3) is 71.8 Å². The van der Waals surface area contributed by atoms with Crippen LogP contribution in [0.2, 0.25) is 0 Å². The molecule has 0 radical (unpaired) electrons. The van der Waals surface area contributed by atoms with E-state index in [4.69, 9.17) is 9.97 Å². The predicted molar refractivity (Wildman–Crippen MR) is 174 cm³/mol. The van der Waals surface area contributed by atoms with Crippen molar-refractivity contribution in [1.29, 1.82) is 0 Å². The lowest BCUT2D eigenvalue weighted by Crippen LogP contribution is -2.17. The standard InChI is InChI=1S/C39H27N3/c1-39(2)32-23-26-15-7-6-14-25(26)22-31(32)28-20-21-29-27-16-9-11-19-34(27)42(37(29)35(28)39)38-40-33-18-10-8-17-30(33)36(41-38)24-12-4-3-5-13-24/h3-23H,1-2H3. The second kappa shape index (κ2) is 8.37. The van der Waals surface area contributed by atoms with Crippen LogP contribution >= 0.6 is 0 Å². The van der Waals surface area contributed by atoms with Crippen molar-refractivity contribution in [2.24, 2.45) is 0 Å². The van der Waals surface area contributed by atoms with Crippen LogP contribution < -0.4 is 0 Å². The van der Waals surface area contributed by atoms with Crippen molar-refractivity contribution in [1.82, 2.24) is 14.5 Å². The van der Waals surface area contributed by atoms with Gasteiger partial charge in [-0.05, 0) is 57.3 Å². The summed E-state index contributed by atoms with van der Waals surface area (Å²) in [6, 6.07) is 45.5. The quantitative estimate of drug-likeness (QED) is 0.220. The van der Waals surface area contributed by atoms with E-state index in [1.54, 1.807) is 0 Å². The van der Waals surface area contributed by atoms with Gasteiger partial charge in [0.15, 0.2) is 0 Å². The Labute approximate surface area is 243 Å². The summed E-state index contributed by atoms with van der Waals surface area (Å²) in [5, 5.41) is 6.04. The van der Waals surface area contributed by atoms with Gasteiger partial charge in [0.25, 0.3) is 0 Å². The molecule has 6 aromatic carbocycles. The Morgan fingerprint density at radius 3 is 2.10 bits per heavy atom. The molecule has 198 valence electrons. The first-order valence-electron chi connectivity index (χ1n) is 14.5. The van der Waals surface area contributed by atoms with E-state index < -0.39 is 0 Å². The van der Waals surface area contributed by atoms with Crippen molar-refractivity contribution in [3.63, 3.8) is 0 Å². The van der Waals surface area contributed by atoms with Crippen molar-refractivity contribution < 1.29 is 0 Å². The Hall–Kier alpha value is -5.28. The van der Waals surface area contributed by atoms with E-state index in [9.17, 15) is 0 Å². The largest absolute Gasteiger partial charge is 0.278 e. The lowest BCUT2D eigenvalue weighted by atomic mass is 9.81. The molecule has 0 N–H and O–H groups in total. The highest BCUT2D eigenvalue weighted by Gasteiger charge is 2.39. The first kappa shape index (κ1) is 23.4. The van der Waals surface area contributed by atoms with Crippen LogP contribution in [-0.2, 0) is 5.41 Å². The van der Waals surface area contributed by atoms with Gasteiger partial charge in [-0.15, -0.1) is 0 Å². The molecule has 0 spiro atoms. The Kier molecular flexibility index (Phi) is 4.67. The molecule has 0 atom stereocenters. The summed E-state index contributed by atoms with van der Waals surface area (Å²) in [6.45, 7) is 4.73. The Bertz CT molecular complexity index is 2380. The summed E-state index contributed by atoms with van der Waals surface area (Å²) >= 11 is 0. The van der Waals surface area contributed by atoms with E-state index in [1.165, 1.54) is 49.3 Å². The molecule has 3 heteroatoms. The third-order valence-corrected chi connectivity index (χ3v) is 9.15. The zero-order valence-corrected chi connectivity index (χ0v) is 23.5. The fraction of sp³-hybridized carbons (Fsp3) is 0.0769. The molecule has 0 saturated heterocycles. The minimum atomic E-state index is -0.209. The molecule has 9 rings (SSSR count). The van der Waals surface area contributed by atoms with Gasteiger partial charge in [-0.3, -0.25) is 4.57 Å². The molecule has 1 aliphatic rings. The summed E-state index contributed by atoms with van der Waals surface area (Å²) in [6.07, 6.45) is 0.